The quantitative estimate of drug-likeness (QED) is 0.542. The molecule has 0 aliphatic heterocycles. The third kappa shape index (κ3) is 6.88. The second-order valence-corrected chi connectivity index (χ2v) is 7.58. The van der Waals surface area contributed by atoms with E-state index in [1.165, 1.54) is 5.56 Å². The number of likely N-dealkylation sites (N-methyl/N-ethyl adjacent to an activating group) is 1. The van der Waals surface area contributed by atoms with Gasteiger partial charge in [-0.1, -0.05) is 38.1 Å². The van der Waals surface area contributed by atoms with Crippen molar-refractivity contribution in [2.75, 3.05) is 32.0 Å². The molecule has 1 atom stereocenters. The number of amides is 2. The van der Waals surface area contributed by atoms with Gasteiger partial charge in [0.15, 0.2) is 30.5 Å². The van der Waals surface area contributed by atoms with Gasteiger partial charge in [-0.25, -0.2) is 13.2 Å². The Hall–Kier alpha value is -2.87. The van der Waals surface area contributed by atoms with Crippen molar-refractivity contribution in [3.05, 3.63) is 65.0 Å². The summed E-state index contributed by atoms with van der Waals surface area (Å²) >= 11 is 0. The zero-order chi connectivity index (χ0) is 22.3. The minimum atomic E-state index is -1.65. The van der Waals surface area contributed by atoms with Gasteiger partial charge >= 0.3 is 0 Å². The van der Waals surface area contributed by atoms with Gasteiger partial charge < -0.3 is 15.5 Å². The molecule has 0 fully saturated rings. The van der Waals surface area contributed by atoms with Gasteiger partial charge in [-0.15, -0.1) is 0 Å². The minimum absolute atomic E-state index is 0.0416. The molecule has 162 valence electrons. The Labute approximate surface area is 174 Å². The van der Waals surface area contributed by atoms with Gasteiger partial charge in [-0.2, -0.15) is 0 Å². The molecule has 2 rings (SSSR count). The van der Waals surface area contributed by atoms with E-state index in [0.717, 1.165) is 17.7 Å². The Morgan fingerprint density at radius 2 is 1.57 bits per heavy atom. The minimum Gasteiger partial charge on any atom is -0.351 e. The molecule has 2 amide bonds. The standard InChI is InChI=1S/C22H26F3N3O2/c1-14(2)16-6-4-15(5-7-16)10-11-26-19(29)12-28(3)13-20(30)27-18-9-8-17(23)21(24)22(18)25/h4-9,14H,10-13H2,1-3H3,(H,26,29)(H,27,30)/p+1. The number of carbonyl (C=O) groups is 2. The summed E-state index contributed by atoms with van der Waals surface area (Å²) in [6.45, 7) is 4.63. The average Bonchev–Trinajstić information content (AvgIpc) is 2.68. The van der Waals surface area contributed by atoms with E-state index in [9.17, 15) is 22.8 Å². The van der Waals surface area contributed by atoms with Crippen LogP contribution in [0.5, 0.6) is 0 Å². The van der Waals surface area contributed by atoms with Gasteiger partial charge in [-0.05, 0) is 35.6 Å². The highest BCUT2D eigenvalue weighted by Gasteiger charge is 2.18. The summed E-state index contributed by atoms with van der Waals surface area (Å²) in [6.07, 6.45) is 0.694. The van der Waals surface area contributed by atoms with Crippen LogP contribution >= 0.6 is 0 Å². The molecule has 30 heavy (non-hydrogen) atoms. The summed E-state index contributed by atoms with van der Waals surface area (Å²) in [5, 5.41) is 4.99. The van der Waals surface area contributed by atoms with Crippen LogP contribution in [0, 0.1) is 17.5 Å². The maximum absolute atomic E-state index is 13.6. The summed E-state index contributed by atoms with van der Waals surface area (Å²) in [4.78, 5) is 24.6. The number of carbonyl (C=O) groups excluding carboxylic acids is 2. The maximum atomic E-state index is 13.6. The van der Waals surface area contributed by atoms with E-state index >= 15 is 0 Å². The first-order valence-corrected chi connectivity index (χ1v) is 9.77. The molecule has 2 aromatic carbocycles. The van der Waals surface area contributed by atoms with Crippen molar-refractivity contribution in [1.82, 2.24) is 5.32 Å². The number of nitrogens with one attached hydrogen (secondary N) is 3. The van der Waals surface area contributed by atoms with E-state index in [2.05, 4.69) is 36.6 Å². The zero-order valence-electron chi connectivity index (χ0n) is 17.3. The number of hydrogen-bond donors (Lipinski definition) is 3. The first-order valence-electron chi connectivity index (χ1n) is 9.77. The molecular formula is C22H27F3N3O2+. The van der Waals surface area contributed by atoms with Crippen LogP contribution in [0.15, 0.2) is 36.4 Å². The molecule has 0 heterocycles. The van der Waals surface area contributed by atoms with Crippen LogP contribution in [0.4, 0.5) is 18.9 Å². The van der Waals surface area contributed by atoms with E-state index in [-0.39, 0.29) is 19.0 Å². The molecular weight excluding hydrogens is 395 g/mol. The third-order valence-corrected chi connectivity index (χ3v) is 4.62. The first kappa shape index (κ1) is 23.4. The highest BCUT2D eigenvalue weighted by Crippen LogP contribution is 2.19. The third-order valence-electron chi connectivity index (χ3n) is 4.62. The van der Waals surface area contributed by atoms with Crippen LogP contribution in [0.1, 0.15) is 30.9 Å². The molecule has 8 heteroatoms. The van der Waals surface area contributed by atoms with Crippen LogP contribution in [-0.4, -0.2) is 38.5 Å². The summed E-state index contributed by atoms with van der Waals surface area (Å²) < 4.78 is 39.8. The topological polar surface area (TPSA) is 62.6 Å². The summed E-state index contributed by atoms with van der Waals surface area (Å²) in [5.41, 5.74) is 1.93. The molecule has 0 aliphatic rings. The van der Waals surface area contributed by atoms with Gasteiger partial charge in [0, 0.05) is 6.54 Å². The largest absolute Gasteiger partial charge is 0.351 e. The summed E-state index contributed by atoms with van der Waals surface area (Å²) in [6, 6.07) is 9.92. The summed E-state index contributed by atoms with van der Waals surface area (Å²) in [5.74, 6) is -4.81. The number of benzene rings is 2. The Bertz CT molecular complexity index is 886. The maximum Gasteiger partial charge on any atom is 0.279 e. The van der Waals surface area contributed by atoms with Crippen molar-refractivity contribution in [1.29, 1.82) is 0 Å². The number of hydrogen-bond acceptors (Lipinski definition) is 2. The smallest absolute Gasteiger partial charge is 0.279 e. The molecule has 1 unspecified atom stereocenters. The van der Waals surface area contributed by atoms with Crippen molar-refractivity contribution in [2.45, 2.75) is 26.2 Å². The van der Waals surface area contributed by atoms with Crippen molar-refractivity contribution in [2.24, 2.45) is 0 Å². The van der Waals surface area contributed by atoms with Gasteiger partial charge in [0.1, 0.15) is 0 Å². The average molecular weight is 422 g/mol. The Kier molecular flexibility index (Phi) is 8.41. The highest BCUT2D eigenvalue weighted by molar-refractivity contribution is 5.91. The Morgan fingerprint density at radius 3 is 2.20 bits per heavy atom. The fourth-order valence-electron chi connectivity index (χ4n) is 2.91. The van der Waals surface area contributed by atoms with Crippen LogP contribution in [0.2, 0.25) is 0 Å². The molecule has 0 bridgehead atoms. The molecule has 0 spiro atoms. The second kappa shape index (κ2) is 10.8. The van der Waals surface area contributed by atoms with E-state index in [1.807, 2.05) is 12.1 Å². The second-order valence-electron chi connectivity index (χ2n) is 7.58. The molecule has 2 aromatic rings. The molecule has 5 nitrogen and oxygen atoms in total. The Balaban J connectivity index is 1.73. The van der Waals surface area contributed by atoms with E-state index in [0.29, 0.717) is 23.8 Å². The van der Waals surface area contributed by atoms with E-state index in [4.69, 9.17) is 0 Å². The molecule has 0 saturated heterocycles. The summed E-state index contributed by atoms with van der Waals surface area (Å²) in [7, 11) is 1.63. The number of rotatable bonds is 9. The molecule has 0 aliphatic carbocycles. The number of anilines is 1. The SMILES string of the molecule is CC(C)c1ccc(CCNC(=O)C[NH+](C)CC(=O)Nc2ccc(F)c(F)c2F)cc1. The Morgan fingerprint density at radius 1 is 0.933 bits per heavy atom. The fourth-order valence-corrected chi connectivity index (χ4v) is 2.91. The van der Waals surface area contributed by atoms with Gasteiger partial charge in [0.05, 0.1) is 12.7 Å². The first-order chi connectivity index (χ1) is 14.2. The lowest BCUT2D eigenvalue weighted by atomic mass is 10.0. The van der Waals surface area contributed by atoms with E-state index < -0.39 is 29.0 Å². The van der Waals surface area contributed by atoms with Gasteiger partial charge in [-0.3, -0.25) is 9.59 Å². The van der Waals surface area contributed by atoms with Crippen LogP contribution in [0.25, 0.3) is 0 Å². The van der Waals surface area contributed by atoms with Crippen LogP contribution in [0.3, 0.4) is 0 Å². The lowest BCUT2D eigenvalue weighted by Gasteiger charge is -2.14. The van der Waals surface area contributed by atoms with Crippen molar-refractivity contribution in [3.63, 3.8) is 0 Å². The lowest BCUT2D eigenvalue weighted by Crippen LogP contribution is -3.11. The number of halogens is 3. The predicted octanol–water partition coefficient (Wildman–Crippen LogP) is 2.04. The van der Waals surface area contributed by atoms with Crippen molar-refractivity contribution in [3.8, 4) is 0 Å². The fraction of sp³-hybridized carbons (Fsp3) is 0.364. The predicted molar refractivity (Wildman–Crippen MR) is 109 cm³/mol. The molecule has 3 N–H and O–H groups in total. The highest BCUT2D eigenvalue weighted by atomic mass is 19.2. The molecule has 0 radical (unpaired) electrons. The zero-order valence-corrected chi connectivity index (χ0v) is 17.3. The van der Waals surface area contributed by atoms with Crippen LogP contribution in [-0.2, 0) is 16.0 Å². The molecule has 0 aromatic heterocycles. The van der Waals surface area contributed by atoms with Crippen molar-refractivity contribution < 1.29 is 27.7 Å². The van der Waals surface area contributed by atoms with Gasteiger partial charge in [0.2, 0.25) is 0 Å². The number of quaternary nitrogens is 1. The molecule has 0 saturated carbocycles. The van der Waals surface area contributed by atoms with Crippen LogP contribution < -0.4 is 15.5 Å². The monoisotopic (exact) mass is 422 g/mol. The normalized spacial score (nSPS) is 12.0. The van der Waals surface area contributed by atoms with Gasteiger partial charge in [0.25, 0.3) is 11.8 Å². The van der Waals surface area contributed by atoms with Crippen molar-refractivity contribution >= 4 is 17.5 Å². The van der Waals surface area contributed by atoms with E-state index in [1.54, 1.807) is 7.05 Å². The lowest BCUT2D eigenvalue weighted by molar-refractivity contribution is -0.862.